The zero-order valence-electron chi connectivity index (χ0n) is 24.2. The number of aliphatic carboxylic acids is 1. The third-order valence-electron chi connectivity index (χ3n) is 5.30. The molecule has 0 aliphatic heterocycles. The zero-order chi connectivity index (χ0) is 31.6. The molecule has 0 unspecified atom stereocenters. The Kier molecular flexibility index (Phi) is 14.9. The second-order valence-corrected chi connectivity index (χ2v) is 8.66. The summed E-state index contributed by atoms with van der Waals surface area (Å²) in [7, 11) is 0. The number of carbonyl (C=O) groups is 7. The number of rotatable bonds is 7. The second-order valence-electron chi connectivity index (χ2n) is 8.66. The summed E-state index contributed by atoms with van der Waals surface area (Å²) in [5.74, 6) is -3.95. The Morgan fingerprint density at radius 1 is 0.791 bits per heavy atom. The fourth-order valence-corrected chi connectivity index (χ4v) is 3.52. The number of esters is 1. The molecule has 0 aliphatic carbocycles. The van der Waals surface area contributed by atoms with Crippen molar-refractivity contribution in [2.24, 2.45) is 0 Å². The zero-order valence-corrected chi connectivity index (χ0v) is 27.3. The smallest absolute Gasteiger partial charge is 0.550 e. The molecule has 43 heavy (non-hydrogen) atoms. The van der Waals surface area contributed by atoms with E-state index in [9.17, 15) is 38.7 Å². The fourth-order valence-electron chi connectivity index (χ4n) is 3.52. The van der Waals surface area contributed by atoms with Crippen LogP contribution in [0.1, 0.15) is 70.8 Å². The normalized spacial score (nSPS) is 9.86. The Balaban J connectivity index is 0.000000355. The van der Waals surface area contributed by atoms with Crippen LogP contribution in [0.15, 0.2) is 48.8 Å². The topological polar surface area (TPSA) is 208 Å². The van der Waals surface area contributed by atoms with Crippen LogP contribution in [0.25, 0.3) is 21.8 Å². The van der Waals surface area contributed by atoms with Gasteiger partial charge in [-0.1, -0.05) is 0 Å². The largest absolute Gasteiger partial charge is 1.00 e. The molecule has 1 N–H and O–H groups in total. The molecule has 0 saturated heterocycles. The first-order chi connectivity index (χ1) is 19.7. The first kappa shape index (κ1) is 37.1. The van der Waals surface area contributed by atoms with Crippen LogP contribution < -0.4 is 56.5 Å². The van der Waals surface area contributed by atoms with E-state index in [0.717, 1.165) is 0 Å². The Bertz CT molecular complexity index is 1680. The first-order valence-electron chi connectivity index (χ1n) is 12.3. The van der Waals surface area contributed by atoms with Crippen molar-refractivity contribution in [2.75, 3.05) is 6.61 Å². The summed E-state index contributed by atoms with van der Waals surface area (Å²) in [5.41, 5.74) is 1.83. The van der Waals surface area contributed by atoms with Crippen molar-refractivity contribution < 1.29 is 99.9 Å². The van der Waals surface area contributed by atoms with E-state index in [2.05, 4.69) is 10.2 Å². The Morgan fingerprint density at radius 2 is 1.26 bits per heavy atom. The van der Waals surface area contributed by atoms with Crippen LogP contribution in [0.5, 0.6) is 0 Å². The number of aromatic carboxylic acids is 1. The summed E-state index contributed by atoms with van der Waals surface area (Å²) < 4.78 is 7.23. The molecule has 14 nitrogen and oxygen atoms in total. The molecule has 4 rings (SSSR count). The molecule has 2 aromatic heterocycles. The molecule has 2 heterocycles. The molecule has 15 heteroatoms. The summed E-state index contributed by atoms with van der Waals surface area (Å²) in [6.07, 6.45) is 2.22. The summed E-state index contributed by atoms with van der Waals surface area (Å²) in [6, 6.07) is 9.35. The number of hydrogen-bond donors (Lipinski definition) is 1. The third kappa shape index (κ3) is 11.0. The molecule has 0 saturated carbocycles. The number of ketones is 2. The Morgan fingerprint density at radius 3 is 1.63 bits per heavy atom. The van der Waals surface area contributed by atoms with Gasteiger partial charge in [-0.15, -0.1) is 0 Å². The molecule has 0 radical (unpaired) electrons. The predicted molar refractivity (Wildman–Crippen MR) is 145 cm³/mol. The van der Waals surface area contributed by atoms with Crippen molar-refractivity contribution in [1.82, 2.24) is 19.6 Å². The van der Waals surface area contributed by atoms with Gasteiger partial charge in [0.1, 0.15) is 12.2 Å². The fraction of sp³-hybridized carbons (Fsp3) is 0.250. The molecule has 0 bridgehead atoms. The van der Waals surface area contributed by atoms with E-state index < -0.39 is 24.3 Å². The van der Waals surface area contributed by atoms with E-state index in [0.29, 0.717) is 27.4 Å². The van der Waals surface area contributed by atoms with Gasteiger partial charge in [0.05, 0.1) is 35.6 Å². The van der Waals surface area contributed by atoms with Crippen molar-refractivity contribution in [1.29, 1.82) is 0 Å². The SMILES string of the molecule is CC(=O)CC(=O)[O-].CC(=O)n1ncc2cc(C(=O)O)ccc21.CCOC(=O)CC(=O)c1ccc2c(cnn2C(C)=O)c1.[K+]. The van der Waals surface area contributed by atoms with E-state index in [1.807, 2.05) is 0 Å². The summed E-state index contributed by atoms with van der Waals surface area (Å²) in [5, 5.41) is 27.4. The Labute approximate surface area is 287 Å². The van der Waals surface area contributed by atoms with Gasteiger partial charge in [0.2, 0.25) is 11.8 Å². The maximum atomic E-state index is 11.9. The van der Waals surface area contributed by atoms with E-state index in [4.69, 9.17) is 9.84 Å². The maximum absolute atomic E-state index is 11.9. The van der Waals surface area contributed by atoms with Gasteiger partial charge in [0.25, 0.3) is 0 Å². The van der Waals surface area contributed by atoms with Crippen LogP contribution in [0.4, 0.5) is 0 Å². The van der Waals surface area contributed by atoms with E-state index in [1.165, 1.54) is 54.7 Å². The van der Waals surface area contributed by atoms with Crippen molar-refractivity contribution in [3.8, 4) is 0 Å². The average molecular weight is 619 g/mol. The Hall–Kier alpha value is -3.89. The van der Waals surface area contributed by atoms with Gasteiger partial charge in [0.15, 0.2) is 5.78 Å². The molecule has 4 aromatic rings. The minimum atomic E-state index is -1.31. The van der Waals surface area contributed by atoms with Gasteiger partial charge in [-0.25, -0.2) is 14.2 Å². The predicted octanol–water partition coefficient (Wildman–Crippen LogP) is -1.05. The molecule has 0 fully saturated rings. The third-order valence-corrected chi connectivity index (χ3v) is 5.30. The number of fused-ring (bicyclic) bond motifs is 2. The van der Waals surface area contributed by atoms with Crippen LogP contribution in [-0.2, 0) is 19.1 Å². The summed E-state index contributed by atoms with van der Waals surface area (Å²) in [4.78, 5) is 75.7. The van der Waals surface area contributed by atoms with Crippen molar-refractivity contribution >= 4 is 63.1 Å². The number of aromatic nitrogens is 4. The second kappa shape index (κ2) is 17.3. The summed E-state index contributed by atoms with van der Waals surface area (Å²) in [6.45, 7) is 5.95. The number of benzene rings is 2. The monoisotopic (exact) mass is 618 g/mol. The van der Waals surface area contributed by atoms with Gasteiger partial charge in [-0.3, -0.25) is 24.0 Å². The van der Waals surface area contributed by atoms with Crippen LogP contribution in [0, 0.1) is 0 Å². The number of ether oxygens (including phenoxy) is 1. The number of carbonyl (C=O) groups excluding carboxylic acids is 6. The molecule has 220 valence electrons. The number of Topliss-reactive ketones (excluding diaryl/α,β-unsaturated/α-hetero) is 2. The van der Waals surface area contributed by atoms with Gasteiger partial charge in [-0.2, -0.15) is 10.2 Å². The number of carboxylic acids is 2. The van der Waals surface area contributed by atoms with Gasteiger partial charge >= 0.3 is 63.3 Å². The average Bonchev–Trinajstić information content (AvgIpc) is 3.52. The molecule has 2 aromatic carbocycles. The standard InChI is InChI=1S/C14H14N2O4.C10H8N2O3.C4H6O3.K/c1-3-20-14(19)7-13(18)10-4-5-12-11(6-10)8-15-16(12)9(2)17;1-6(13)12-9-3-2-7(10(14)15)4-8(9)5-11-12;1-3(5)2-4(6)7;/h4-6,8H,3,7H2,1-2H3;2-5H,1H3,(H,14,15);2H2,1H3,(H,6,7);/q;;;+1/p-1. The first-order valence-corrected chi connectivity index (χ1v) is 12.3. The van der Waals surface area contributed by atoms with Crippen molar-refractivity contribution in [2.45, 2.75) is 40.5 Å². The maximum Gasteiger partial charge on any atom is 1.00 e. The van der Waals surface area contributed by atoms with Gasteiger partial charge in [-0.05, 0) is 50.2 Å². The minimum absolute atomic E-state index is 0. The van der Waals surface area contributed by atoms with E-state index >= 15 is 0 Å². The summed E-state index contributed by atoms with van der Waals surface area (Å²) >= 11 is 0. The minimum Gasteiger partial charge on any atom is -0.550 e. The molecular weight excluding hydrogens is 591 g/mol. The molecule has 0 amide bonds. The molecule has 0 spiro atoms. The molecule has 0 atom stereocenters. The van der Waals surface area contributed by atoms with Crippen LogP contribution in [0.2, 0.25) is 0 Å². The van der Waals surface area contributed by atoms with Gasteiger partial charge in [0, 0.05) is 42.6 Å². The number of hydrogen-bond acceptors (Lipinski definition) is 11. The van der Waals surface area contributed by atoms with Crippen molar-refractivity contribution in [3.05, 3.63) is 59.9 Å². The van der Waals surface area contributed by atoms with Crippen molar-refractivity contribution in [3.63, 3.8) is 0 Å². The molecule has 0 aliphatic rings. The van der Waals surface area contributed by atoms with Gasteiger partial charge < -0.3 is 19.7 Å². The van der Waals surface area contributed by atoms with E-state index in [1.54, 1.807) is 31.2 Å². The number of carboxylic acid groups (broad SMARTS) is 2. The van der Waals surface area contributed by atoms with Crippen LogP contribution in [-0.4, -0.2) is 72.6 Å². The quantitative estimate of drug-likeness (QED) is 0.114. The number of nitrogens with zero attached hydrogens (tertiary/aromatic N) is 4. The molecular formula is C28H27KN4O10. The van der Waals surface area contributed by atoms with E-state index in [-0.39, 0.29) is 93.4 Å². The van der Waals surface area contributed by atoms with Crippen LogP contribution >= 0.6 is 0 Å². The van der Waals surface area contributed by atoms with Crippen LogP contribution in [0.3, 0.4) is 0 Å².